The van der Waals surface area contributed by atoms with E-state index < -0.39 is 10.0 Å². The molecule has 1 aliphatic heterocycles. The van der Waals surface area contributed by atoms with Crippen molar-refractivity contribution in [2.75, 3.05) is 13.1 Å². The SMILES string of the molecule is N/C(=N/S(=O)(=O)Cc1ccccc1)N1CCCCC1. The quantitative estimate of drug-likeness (QED) is 0.669. The van der Waals surface area contributed by atoms with Crippen molar-refractivity contribution in [3.8, 4) is 0 Å². The zero-order valence-electron chi connectivity index (χ0n) is 10.8. The van der Waals surface area contributed by atoms with Crippen molar-refractivity contribution >= 4 is 16.0 Å². The Morgan fingerprint density at radius 3 is 2.42 bits per heavy atom. The fourth-order valence-electron chi connectivity index (χ4n) is 2.14. The molecular weight excluding hydrogens is 262 g/mol. The van der Waals surface area contributed by atoms with E-state index in [9.17, 15) is 8.42 Å². The monoisotopic (exact) mass is 281 g/mol. The molecule has 0 atom stereocenters. The van der Waals surface area contributed by atoms with Gasteiger partial charge in [0.15, 0.2) is 0 Å². The smallest absolute Gasteiger partial charge is 0.260 e. The van der Waals surface area contributed by atoms with Gasteiger partial charge in [-0.15, -0.1) is 4.40 Å². The van der Waals surface area contributed by atoms with E-state index in [1.165, 1.54) is 6.42 Å². The van der Waals surface area contributed by atoms with Gasteiger partial charge in [0.25, 0.3) is 10.0 Å². The van der Waals surface area contributed by atoms with E-state index in [0.29, 0.717) is 0 Å². The maximum Gasteiger partial charge on any atom is 0.260 e. The minimum Gasteiger partial charge on any atom is -0.369 e. The average molecular weight is 281 g/mol. The van der Waals surface area contributed by atoms with Crippen molar-refractivity contribution < 1.29 is 8.42 Å². The van der Waals surface area contributed by atoms with Crippen LogP contribution in [0.4, 0.5) is 0 Å². The number of piperidine rings is 1. The maximum absolute atomic E-state index is 12.0. The summed E-state index contributed by atoms with van der Waals surface area (Å²) in [5.74, 6) is 0.0122. The molecule has 0 radical (unpaired) electrons. The molecule has 0 aromatic heterocycles. The lowest BCUT2D eigenvalue weighted by Crippen LogP contribution is -2.41. The zero-order chi connectivity index (χ0) is 13.7. The molecule has 104 valence electrons. The molecule has 2 N–H and O–H groups in total. The average Bonchev–Trinajstić information content (AvgIpc) is 2.39. The van der Waals surface area contributed by atoms with E-state index in [4.69, 9.17) is 5.73 Å². The van der Waals surface area contributed by atoms with Crippen LogP contribution in [0.1, 0.15) is 24.8 Å². The number of sulfonamides is 1. The van der Waals surface area contributed by atoms with Gasteiger partial charge in [-0.1, -0.05) is 30.3 Å². The van der Waals surface area contributed by atoms with Crippen LogP contribution in [0.3, 0.4) is 0 Å². The number of nitrogens with two attached hydrogens (primary N) is 1. The molecule has 1 aromatic carbocycles. The zero-order valence-corrected chi connectivity index (χ0v) is 11.6. The molecule has 1 aromatic rings. The molecule has 6 heteroatoms. The van der Waals surface area contributed by atoms with Gasteiger partial charge in [0, 0.05) is 13.1 Å². The molecule has 1 heterocycles. The fraction of sp³-hybridized carbons (Fsp3) is 0.462. The third kappa shape index (κ3) is 4.24. The number of guanidine groups is 1. The normalized spacial score (nSPS) is 17.5. The number of likely N-dealkylation sites (tertiary alicyclic amines) is 1. The van der Waals surface area contributed by atoms with Crippen LogP contribution >= 0.6 is 0 Å². The van der Waals surface area contributed by atoms with E-state index in [1.807, 2.05) is 23.1 Å². The summed E-state index contributed by atoms with van der Waals surface area (Å²) in [5, 5.41) is 0. The molecule has 0 aliphatic carbocycles. The van der Waals surface area contributed by atoms with Gasteiger partial charge in [-0.2, -0.15) is 0 Å². The third-order valence-electron chi connectivity index (χ3n) is 3.10. The molecule has 5 nitrogen and oxygen atoms in total. The Morgan fingerprint density at radius 2 is 1.79 bits per heavy atom. The van der Waals surface area contributed by atoms with Gasteiger partial charge in [0.2, 0.25) is 5.96 Å². The minimum atomic E-state index is -3.56. The Morgan fingerprint density at radius 1 is 1.16 bits per heavy atom. The molecule has 2 rings (SSSR count). The molecule has 0 bridgehead atoms. The lowest BCUT2D eigenvalue weighted by atomic mass is 10.1. The Bertz CT molecular complexity index is 534. The highest BCUT2D eigenvalue weighted by Gasteiger charge is 2.16. The van der Waals surface area contributed by atoms with Crippen molar-refractivity contribution in [2.45, 2.75) is 25.0 Å². The lowest BCUT2D eigenvalue weighted by molar-refractivity contribution is 0.339. The number of hydrogen-bond acceptors (Lipinski definition) is 2. The molecular formula is C13H19N3O2S. The van der Waals surface area contributed by atoms with Crippen LogP contribution in [-0.4, -0.2) is 32.4 Å². The summed E-state index contributed by atoms with van der Waals surface area (Å²) >= 11 is 0. The van der Waals surface area contributed by atoms with Gasteiger partial charge in [0.05, 0.1) is 5.75 Å². The predicted molar refractivity (Wildman–Crippen MR) is 76.1 cm³/mol. The Labute approximate surface area is 114 Å². The van der Waals surface area contributed by atoms with Crippen LogP contribution in [0.25, 0.3) is 0 Å². The summed E-state index contributed by atoms with van der Waals surface area (Å²) in [7, 11) is -3.56. The molecule has 0 saturated carbocycles. The van der Waals surface area contributed by atoms with E-state index in [2.05, 4.69) is 4.40 Å². The number of benzene rings is 1. The maximum atomic E-state index is 12.0. The standard InChI is InChI=1S/C13H19N3O2S/c14-13(16-9-5-2-6-10-16)15-19(17,18)11-12-7-3-1-4-8-12/h1,3-4,7-8H,2,5-6,9-11H2,(H2,14,15). The molecule has 1 fully saturated rings. The van der Waals surface area contributed by atoms with Crippen LogP contribution in [0.2, 0.25) is 0 Å². The highest BCUT2D eigenvalue weighted by molar-refractivity contribution is 7.89. The first-order valence-corrected chi connectivity index (χ1v) is 8.05. The molecule has 1 aliphatic rings. The van der Waals surface area contributed by atoms with E-state index in [0.717, 1.165) is 31.5 Å². The first kappa shape index (κ1) is 13.9. The largest absolute Gasteiger partial charge is 0.369 e. The Kier molecular flexibility index (Phi) is 4.42. The summed E-state index contributed by atoms with van der Waals surface area (Å²) in [4.78, 5) is 1.84. The number of rotatable bonds is 3. The molecule has 0 amide bonds. The lowest BCUT2D eigenvalue weighted by Gasteiger charge is -2.27. The first-order chi connectivity index (χ1) is 9.07. The second kappa shape index (κ2) is 6.06. The van der Waals surface area contributed by atoms with Crippen molar-refractivity contribution in [1.82, 2.24) is 4.90 Å². The van der Waals surface area contributed by atoms with Crippen molar-refractivity contribution in [1.29, 1.82) is 0 Å². The summed E-state index contributed by atoms with van der Waals surface area (Å²) < 4.78 is 27.6. The van der Waals surface area contributed by atoms with Gasteiger partial charge in [-0.3, -0.25) is 0 Å². The third-order valence-corrected chi connectivity index (χ3v) is 4.27. The topological polar surface area (TPSA) is 75.8 Å². The highest BCUT2D eigenvalue weighted by atomic mass is 32.2. The van der Waals surface area contributed by atoms with Gasteiger partial charge < -0.3 is 10.6 Å². The minimum absolute atomic E-state index is 0.109. The second-order valence-corrected chi connectivity index (χ2v) is 6.34. The first-order valence-electron chi connectivity index (χ1n) is 6.44. The van der Waals surface area contributed by atoms with E-state index in [1.54, 1.807) is 12.1 Å². The second-order valence-electron chi connectivity index (χ2n) is 4.71. The van der Waals surface area contributed by atoms with Gasteiger partial charge in [-0.05, 0) is 24.8 Å². The summed E-state index contributed by atoms with van der Waals surface area (Å²) in [5.41, 5.74) is 6.51. The molecule has 0 spiro atoms. The summed E-state index contributed by atoms with van der Waals surface area (Å²) in [6.07, 6.45) is 3.24. The number of nitrogens with zero attached hydrogens (tertiary/aromatic N) is 2. The summed E-state index contributed by atoms with van der Waals surface area (Å²) in [6.45, 7) is 1.58. The molecule has 0 unspecified atom stereocenters. The van der Waals surface area contributed by atoms with Gasteiger partial charge in [0.1, 0.15) is 0 Å². The van der Waals surface area contributed by atoms with E-state index >= 15 is 0 Å². The van der Waals surface area contributed by atoms with Crippen molar-refractivity contribution in [3.63, 3.8) is 0 Å². The number of hydrogen-bond donors (Lipinski definition) is 1. The van der Waals surface area contributed by atoms with Gasteiger partial charge in [-0.25, -0.2) is 8.42 Å². The van der Waals surface area contributed by atoms with Crippen LogP contribution in [-0.2, 0) is 15.8 Å². The van der Waals surface area contributed by atoms with Crippen LogP contribution in [0.5, 0.6) is 0 Å². The van der Waals surface area contributed by atoms with Crippen LogP contribution in [0, 0.1) is 0 Å². The Hall–Kier alpha value is -1.56. The fourth-order valence-corrected chi connectivity index (χ4v) is 3.22. The molecule has 19 heavy (non-hydrogen) atoms. The molecule has 1 saturated heterocycles. The highest BCUT2D eigenvalue weighted by Crippen LogP contribution is 2.11. The predicted octanol–water partition coefficient (Wildman–Crippen LogP) is 1.32. The van der Waals surface area contributed by atoms with Crippen LogP contribution < -0.4 is 5.73 Å². The van der Waals surface area contributed by atoms with Crippen molar-refractivity contribution in [3.05, 3.63) is 35.9 Å². The van der Waals surface area contributed by atoms with Gasteiger partial charge >= 0.3 is 0 Å². The van der Waals surface area contributed by atoms with E-state index in [-0.39, 0.29) is 11.7 Å². The van der Waals surface area contributed by atoms with Crippen molar-refractivity contribution in [2.24, 2.45) is 10.1 Å². The summed E-state index contributed by atoms with van der Waals surface area (Å²) in [6, 6.07) is 9.00. The Balaban J connectivity index is 2.07. The van der Waals surface area contributed by atoms with Crippen LogP contribution in [0.15, 0.2) is 34.7 Å².